The summed E-state index contributed by atoms with van der Waals surface area (Å²) in [6.07, 6.45) is 1.37. The fourth-order valence-electron chi connectivity index (χ4n) is 3.85. The van der Waals surface area contributed by atoms with Crippen LogP contribution >= 0.6 is 0 Å². The third kappa shape index (κ3) is 3.67. The Hall–Kier alpha value is -1.98. The molecule has 0 saturated heterocycles. The Morgan fingerprint density at radius 1 is 1.12 bits per heavy atom. The first-order chi connectivity index (χ1) is 11.9. The molecule has 2 unspecified atom stereocenters. The summed E-state index contributed by atoms with van der Waals surface area (Å²) in [5.74, 6) is -0.332. The molecule has 5 heteroatoms. The lowest BCUT2D eigenvalue weighted by molar-refractivity contribution is -0.130. The standard InChI is InChI=1S/C20H22O4S/c1-24-19(14-8-4-3-5-9-14)18(21)13-16-12-15-10-6-7-11-17(15)20(16)25(2,22)23/h3-11,16,19-20H,12-13H2,1-2H3/t16?,19-,20?/m1/s1. The van der Waals surface area contributed by atoms with Gasteiger partial charge in [0.05, 0.1) is 5.25 Å². The molecule has 0 amide bonds. The van der Waals surface area contributed by atoms with Crippen molar-refractivity contribution in [1.82, 2.24) is 0 Å². The summed E-state index contributed by atoms with van der Waals surface area (Å²) in [7, 11) is -1.79. The van der Waals surface area contributed by atoms with Crippen molar-refractivity contribution in [3.63, 3.8) is 0 Å². The van der Waals surface area contributed by atoms with Crippen LogP contribution in [0.3, 0.4) is 0 Å². The van der Waals surface area contributed by atoms with Gasteiger partial charge in [-0.15, -0.1) is 0 Å². The predicted octanol–water partition coefficient (Wildman–Crippen LogP) is 3.29. The van der Waals surface area contributed by atoms with E-state index in [1.165, 1.54) is 13.4 Å². The molecule has 2 aromatic carbocycles. The van der Waals surface area contributed by atoms with Gasteiger partial charge in [0.15, 0.2) is 15.6 Å². The van der Waals surface area contributed by atoms with E-state index in [9.17, 15) is 13.2 Å². The number of carbonyl (C=O) groups is 1. The van der Waals surface area contributed by atoms with Crippen molar-refractivity contribution in [1.29, 1.82) is 0 Å². The summed E-state index contributed by atoms with van der Waals surface area (Å²) in [6.45, 7) is 0. The number of ketones is 1. The van der Waals surface area contributed by atoms with Crippen LogP contribution in [0.4, 0.5) is 0 Å². The summed E-state index contributed by atoms with van der Waals surface area (Å²) in [6, 6.07) is 16.9. The van der Waals surface area contributed by atoms with Crippen molar-refractivity contribution in [3.05, 3.63) is 71.3 Å². The van der Waals surface area contributed by atoms with Crippen molar-refractivity contribution >= 4 is 15.6 Å². The van der Waals surface area contributed by atoms with Gasteiger partial charge in [0, 0.05) is 19.8 Å². The Kier molecular flexibility index (Phi) is 5.06. The van der Waals surface area contributed by atoms with Gasteiger partial charge >= 0.3 is 0 Å². The van der Waals surface area contributed by atoms with E-state index in [2.05, 4.69) is 0 Å². The first-order valence-electron chi connectivity index (χ1n) is 8.29. The van der Waals surface area contributed by atoms with E-state index >= 15 is 0 Å². The van der Waals surface area contributed by atoms with Crippen LogP contribution < -0.4 is 0 Å². The van der Waals surface area contributed by atoms with E-state index in [-0.39, 0.29) is 18.1 Å². The number of hydrogen-bond donors (Lipinski definition) is 0. The number of methoxy groups -OCH3 is 1. The smallest absolute Gasteiger partial charge is 0.166 e. The number of sulfone groups is 1. The molecule has 0 saturated carbocycles. The second kappa shape index (κ2) is 7.10. The highest BCUT2D eigenvalue weighted by Gasteiger charge is 2.40. The highest BCUT2D eigenvalue weighted by Crippen LogP contribution is 2.43. The first kappa shape index (κ1) is 17.8. The molecule has 0 bridgehead atoms. The van der Waals surface area contributed by atoms with Crippen molar-refractivity contribution in [3.8, 4) is 0 Å². The van der Waals surface area contributed by atoms with Gasteiger partial charge in [-0.2, -0.15) is 0 Å². The maximum atomic E-state index is 12.8. The van der Waals surface area contributed by atoms with E-state index in [1.54, 1.807) is 0 Å². The summed E-state index contributed by atoms with van der Waals surface area (Å²) in [5.41, 5.74) is 2.64. The van der Waals surface area contributed by atoms with Crippen molar-refractivity contribution in [2.75, 3.05) is 13.4 Å². The average molecular weight is 358 g/mol. The fraction of sp³-hybridized carbons (Fsp3) is 0.350. The van der Waals surface area contributed by atoms with Crippen LogP contribution in [-0.4, -0.2) is 27.6 Å². The van der Waals surface area contributed by atoms with Crippen LogP contribution in [0.1, 0.15) is 34.5 Å². The third-order valence-electron chi connectivity index (χ3n) is 4.83. The van der Waals surface area contributed by atoms with Crippen LogP contribution in [-0.2, 0) is 25.8 Å². The molecular formula is C20H22O4S. The number of hydrogen-bond acceptors (Lipinski definition) is 4. The second-order valence-corrected chi connectivity index (χ2v) is 8.78. The van der Waals surface area contributed by atoms with Gasteiger partial charge in [0.2, 0.25) is 0 Å². The van der Waals surface area contributed by atoms with E-state index in [1.807, 2.05) is 54.6 Å². The molecule has 2 aromatic rings. The molecule has 1 aliphatic rings. The minimum Gasteiger partial charge on any atom is -0.369 e. The molecule has 4 nitrogen and oxygen atoms in total. The van der Waals surface area contributed by atoms with Gasteiger partial charge in [-0.3, -0.25) is 4.79 Å². The summed E-state index contributed by atoms with van der Waals surface area (Å²) >= 11 is 0. The van der Waals surface area contributed by atoms with Crippen LogP contribution in [0.5, 0.6) is 0 Å². The highest BCUT2D eigenvalue weighted by atomic mass is 32.2. The largest absolute Gasteiger partial charge is 0.369 e. The fourth-order valence-corrected chi connectivity index (χ4v) is 5.43. The van der Waals surface area contributed by atoms with Gasteiger partial charge in [-0.1, -0.05) is 54.6 Å². The van der Waals surface area contributed by atoms with Crippen LogP contribution in [0.25, 0.3) is 0 Å². The Bertz CT molecular complexity index is 858. The van der Waals surface area contributed by atoms with E-state index < -0.39 is 21.2 Å². The van der Waals surface area contributed by atoms with E-state index in [0.29, 0.717) is 6.42 Å². The number of benzene rings is 2. The Morgan fingerprint density at radius 2 is 1.76 bits per heavy atom. The maximum Gasteiger partial charge on any atom is 0.166 e. The zero-order chi connectivity index (χ0) is 18.0. The first-order valence-corrected chi connectivity index (χ1v) is 10.2. The lowest BCUT2D eigenvalue weighted by Crippen LogP contribution is -2.23. The number of rotatable bonds is 6. The molecule has 0 fully saturated rings. The molecule has 0 heterocycles. The van der Waals surface area contributed by atoms with Crippen LogP contribution in [0.15, 0.2) is 54.6 Å². The van der Waals surface area contributed by atoms with Crippen molar-refractivity contribution in [2.24, 2.45) is 5.92 Å². The topological polar surface area (TPSA) is 60.4 Å². The number of carbonyl (C=O) groups excluding carboxylic acids is 1. The highest BCUT2D eigenvalue weighted by molar-refractivity contribution is 7.91. The quantitative estimate of drug-likeness (QED) is 0.795. The van der Waals surface area contributed by atoms with Gasteiger partial charge in [0.1, 0.15) is 6.10 Å². The minimum atomic E-state index is -3.30. The SMILES string of the molecule is CO[C@@H](C(=O)CC1Cc2ccccc2C1S(C)(=O)=O)c1ccccc1. The third-order valence-corrected chi connectivity index (χ3v) is 6.39. The number of Topliss-reactive ketones (excluding diaryl/α,β-unsaturated/α-hetero) is 1. The molecule has 25 heavy (non-hydrogen) atoms. The Balaban J connectivity index is 1.86. The van der Waals surface area contributed by atoms with E-state index in [0.717, 1.165) is 16.7 Å². The number of fused-ring (bicyclic) bond motifs is 1. The Labute approximate surface area is 148 Å². The molecule has 0 radical (unpaired) electrons. The van der Waals surface area contributed by atoms with Gasteiger partial charge < -0.3 is 4.74 Å². The molecule has 0 aliphatic heterocycles. The Morgan fingerprint density at radius 3 is 2.40 bits per heavy atom. The van der Waals surface area contributed by atoms with Crippen molar-refractivity contribution in [2.45, 2.75) is 24.2 Å². The zero-order valence-corrected chi connectivity index (χ0v) is 15.2. The van der Waals surface area contributed by atoms with Crippen LogP contribution in [0, 0.1) is 5.92 Å². The molecule has 3 atom stereocenters. The molecule has 3 rings (SSSR count). The molecule has 0 N–H and O–H groups in total. The minimum absolute atomic E-state index is 0.0832. The lowest BCUT2D eigenvalue weighted by Gasteiger charge is -2.21. The summed E-state index contributed by atoms with van der Waals surface area (Å²) < 4.78 is 30.1. The molecular weight excluding hydrogens is 336 g/mol. The summed E-state index contributed by atoms with van der Waals surface area (Å²) in [5, 5.41) is -0.624. The van der Waals surface area contributed by atoms with Crippen LogP contribution in [0.2, 0.25) is 0 Å². The lowest BCUT2D eigenvalue weighted by atomic mass is 9.94. The van der Waals surface area contributed by atoms with E-state index in [4.69, 9.17) is 4.74 Å². The van der Waals surface area contributed by atoms with Crippen molar-refractivity contribution < 1.29 is 17.9 Å². The second-order valence-electron chi connectivity index (χ2n) is 6.61. The van der Waals surface area contributed by atoms with Gasteiger partial charge in [0.25, 0.3) is 0 Å². The van der Waals surface area contributed by atoms with Gasteiger partial charge in [-0.05, 0) is 29.0 Å². The maximum absolute atomic E-state index is 12.8. The molecule has 0 aromatic heterocycles. The average Bonchev–Trinajstić information content (AvgIpc) is 2.94. The molecule has 1 aliphatic carbocycles. The summed E-state index contributed by atoms with van der Waals surface area (Å²) in [4.78, 5) is 12.8. The normalized spacial score (nSPS) is 20.9. The number of ether oxygens (including phenoxy) is 1. The molecule has 0 spiro atoms. The zero-order valence-electron chi connectivity index (χ0n) is 14.4. The monoisotopic (exact) mass is 358 g/mol. The van der Waals surface area contributed by atoms with Gasteiger partial charge in [-0.25, -0.2) is 8.42 Å². The molecule has 132 valence electrons. The predicted molar refractivity (Wildman–Crippen MR) is 97.0 cm³/mol.